The fourth-order valence-corrected chi connectivity index (χ4v) is 7.74. The zero-order valence-corrected chi connectivity index (χ0v) is 31.3. The van der Waals surface area contributed by atoms with Crippen molar-refractivity contribution >= 4 is 53.1 Å². The van der Waals surface area contributed by atoms with Gasteiger partial charge in [-0.25, -0.2) is 4.79 Å². The molecule has 0 aliphatic carbocycles. The third-order valence-corrected chi connectivity index (χ3v) is 11.7. The molecule has 2 bridgehead atoms. The number of hydrogen-bond donors (Lipinski definition) is 7. The molecule has 0 saturated heterocycles. The lowest BCUT2D eigenvalue weighted by Crippen LogP contribution is -2.61. The van der Waals surface area contributed by atoms with Gasteiger partial charge in [-0.2, -0.15) is 0 Å². The summed E-state index contributed by atoms with van der Waals surface area (Å²) in [5.74, 6) is -2.76. The second-order valence-corrected chi connectivity index (χ2v) is 17.1. The first-order chi connectivity index (χ1) is 24.5. The predicted molar refractivity (Wildman–Crippen MR) is 204 cm³/mol. The van der Waals surface area contributed by atoms with Crippen molar-refractivity contribution < 1.29 is 34.2 Å². The molecule has 0 aromatic heterocycles. The molecule has 3 aromatic carbocycles. The van der Waals surface area contributed by atoms with Crippen LogP contribution in [0.5, 0.6) is 5.75 Å². The van der Waals surface area contributed by atoms with E-state index >= 15 is 0 Å². The van der Waals surface area contributed by atoms with E-state index in [4.69, 9.17) is 5.73 Å². The Labute approximate surface area is 312 Å². The number of amides is 4. The lowest BCUT2D eigenvalue weighted by Gasteiger charge is -2.34. The van der Waals surface area contributed by atoms with Crippen LogP contribution in [0.3, 0.4) is 0 Å². The molecule has 12 nitrogen and oxygen atoms in total. The molecule has 1 aliphatic rings. The van der Waals surface area contributed by atoms with Crippen LogP contribution in [-0.2, 0) is 48.3 Å². The monoisotopic (exact) mass is 749 g/mol. The van der Waals surface area contributed by atoms with Gasteiger partial charge in [0.2, 0.25) is 23.6 Å². The lowest BCUT2D eigenvalue weighted by atomic mass is 10.00. The van der Waals surface area contributed by atoms with Crippen LogP contribution in [0.15, 0.2) is 78.9 Å². The lowest BCUT2D eigenvalue weighted by molar-refractivity contribution is -0.143. The Morgan fingerprint density at radius 2 is 1.46 bits per heavy atom. The molecule has 4 atom stereocenters. The van der Waals surface area contributed by atoms with E-state index in [9.17, 15) is 34.2 Å². The molecule has 4 amide bonds. The first-order valence-corrected chi connectivity index (χ1v) is 18.8. The van der Waals surface area contributed by atoms with Gasteiger partial charge in [0.05, 0.1) is 12.6 Å². The van der Waals surface area contributed by atoms with Crippen molar-refractivity contribution in [1.82, 2.24) is 21.3 Å². The van der Waals surface area contributed by atoms with Crippen LogP contribution in [0.1, 0.15) is 49.9 Å². The molecule has 4 rings (SSSR count). The van der Waals surface area contributed by atoms with Crippen LogP contribution >= 0.6 is 23.5 Å². The number of carboxylic acids is 1. The molecule has 0 radical (unpaired) electrons. The quantitative estimate of drug-likeness (QED) is 0.189. The second kappa shape index (κ2) is 17.8. The summed E-state index contributed by atoms with van der Waals surface area (Å²) in [6, 6.07) is 18.5. The van der Waals surface area contributed by atoms with Gasteiger partial charge in [-0.3, -0.25) is 19.2 Å². The summed E-state index contributed by atoms with van der Waals surface area (Å²) in [4.78, 5) is 66.8. The molecule has 1 aliphatic heterocycles. The Balaban J connectivity index is 1.64. The Morgan fingerprint density at radius 1 is 0.846 bits per heavy atom. The number of carboxylic acid groups (broad SMARTS) is 1. The molecule has 8 N–H and O–H groups in total. The molecule has 52 heavy (non-hydrogen) atoms. The highest BCUT2D eigenvalue weighted by Gasteiger charge is 2.40. The van der Waals surface area contributed by atoms with Crippen molar-refractivity contribution in [2.75, 3.05) is 6.54 Å². The van der Waals surface area contributed by atoms with Crippen molar-refractivity contribution in [3.8, 4) is 5.75 Å². The van der Waals surface area contributed by atoms with Gasteiger partial charge in [0.1, 0.15) is 23.9 Å². The van der Waals surface area contributed by atoms with Crippen molar-refractivity contribution in [3.63, 3.8) is 0 Å². The first kappa shape index (κ1) is 40.2. The van der Waals surface area contributed by atoms with Crippen molar-refractivity contribution in [3.05, 3.63) is 101 Å². The van der Waals surface area contributed by atoms with Crippen molar-refractivity contribution in [2.45, 2.75) is 85.7 Å². The number of benzene rings is 3. The molecule has 0 fully saturated rings. The number of hydrogen-bond acceptors (Lipinski definition) is 9. The van der Waals surface area contributed by atoms with Gasteiger partial charge >= 0.3 is 5.97 Å². The van der Waals surface area contributed by atoms with E-state index in [1.165, 1.54) is 35.7 Å². The Hall–Kier alpha value is -4.53. The number of nitrogens with one attached hydrogen (secondary N) is 4. The van der Waals surface area contributed by atoms with Gasteiger partial charge in [-0.1, -0.05) is 66.7 Å². The first-order valence-electron chi connectivity index (χ1n) is 16.9. The molecule has 14 heteroatoms. The average Bonchev–Trinajstić information content (AvgIpc) is 3.10. The summed E-state index contributed by atoms with van der Waals surface area (Å²) in [6.07, 6.45) is 0.228. The van der Waals surface area contributed by atoms with Gasteiger partial charge in [0.25, 0.3) is 0 Å². The van der Waals surface area contributed by atoms with E-state index in [0.717, 1.165) is 22.3 Å². The second-order valence-electron chi connectivity index (χ2n) is 13.8. The number of thioether (sulfide) groups is 2. The smallest absolute Gasteiger partial charge is 0.327 e. The third-order valence-electron chi connectivity index (χ3n) is 8.77. The van der Waals surface area contributed by atoms with Crippen LogP contribution in [-0.4, -0.2) is 80.0 Å². The molecular weight excluding hydrogens is 703 g/mol. The predicted octanol–water partition coefficient (Wildman–Crippen LogP) is 2.90. The van der Waals surface area contributed by atoms with Crippen molar-refractivity contribution in [2.24, 2.45) is 5.73 Å². The summed E-state index contributed by atoms with van der Waals surface area (Å²) in [5, 5.41) is 30.6. The van der Waals surface area contributed by atoms with Gasteiger partial charge in [-0.15, -0.1) is 23.5 Å². The van der Waals surface area contributed by atoms with Gasteiger partial charge in [0.15, 0.2) is 0 Å². The molecule has 278 valence electrons. The maximum Gasteiger partial charge on any atom is 0.327 e. The Bertz CT molecular complexity index is 1740. The molecule has 0 saturated carbocycles. The van der Waals surface area contributed by atoms with E-state index in [-0.39, 0.29) is 18.6 Å². The summed E-state index contributed by atoms with van der Waals surface area (Å²) >= 11 is 2.83. The fourth-order valence-electron chi connectivity index (χ4n) is 5.65. The number of aromatic hydroxyl groups is 1. The van der Waals surface area contributed by atoms with E-state index in [0.29, 0.717) is 11.5 Å². The fraction of sp³-hybridized carbons (Fsp3) is 0.395. The van der Waals surface area contributed by atoms with Crippen molar-refractivity contribution in [1.29, 1.82) is 0 Å². The molecule has 3 aromatic rings. The maximum absolute atomic E-state index is 13.8. The molecule has 0 unspecified atom stereocenters. The highest BCUT2D eigenvalue weighted by atomic mass is 32.2. The molecule has 0 spiro atoms. The Morgan fingerprint density at radius 3 is 2.08 bits per heavy atom. The number of carbonyl (C=O) groups excluding carboxylic acids is 4. The SMILES string of the molecule is CC1(C)SCc2cccc(c2)CSC(C)(C)[C@@H](NC(=O)[C@@H](N)Cc2ccc(O)cc2)C(=O)NCC(=O)N[C@@H](Cc2ccccc2)C(=O)N[C@H]1C(=O)O. The van der Waals surface area contributed by atoms with Gasteiger partial charge < -0.3 is 37.2 Å². The van der Waals surface area contributed by atoms with Crippen LogP contribution in [0.25, 0.3) is 0 Å². The number of phenolic OH excluding ortho intramolecular Hbond substituents is 1. The number of nitrogens with two attached hydrogens (primary N) is 1. The summed E-state index contributed by atoms with van der Waals surface area (Å²) in [5.41, 5.74) is 9.62. The number of carbonyl (C=O) groups is 5. The number of phenols is 1. The number of aliphatic carboxylic acids is 1. The topological polar surface area (TPSA) is 200 Å². The minimum atomic E-state index is -1.29. The van der Waals surface area contributed by atoms with Gasteiger partial charge in [0, 0.05) is 27.4 Å². The summed E-state index contributed by atoms with van der Waals surface area (Å²) in [6.45, 7) is 6.64. The van der Waals surface area contributed by atoms with Crippen LogP contribution < -0.4 is 27.0 Å². The summed E-state index contributed by atoms with van der Waals surface area (Å²) < 4.78 is -1.84. The Kier molecular flexibility index (Phi) is 13.8. The molecular formula is C38H47N5O7S2. The highest BCUT2D eigenvalue weighted by molar-refractivity contribution is 8.00. The van der Waals surface area contributed by atoms with Gasteiger partial charge in [-0.05, 0) is 68.5 Å². The largest absolute Gasteiger partial charge is 0.508 e. The van der Waals surface area contributed by atoms with E-state index in [1.54, 1.807) is 50.2 Å². The summed E-state index contributed by atoms with van der Waals surface area (Å²) in [7, 11) is 0. The van der Waals surface area contributed by atoms with E-state index in [2.05, 4.69) is 21.3 Å². The molecule has 1 heterocycles. The number of rotatable bonds is 7. The highest BCUT2D eigenvalue weighted by Crippen LogP contribution is 2.34. The van der Waals surface area contributed by atoms with Crippen LogP contribution in [0.4, 0.5) is 0 Å². The van der Waals surface area contributed by atoms with E-state index in [1.807, 2.05) is 44.2 Å². The van der Waals surface area contributed by atoms with Crippen LogP contribution in [0.2, 0.25) is 0 Å². The third kappa shape index (κ3) is 11.5. The zero-order valence-electron chi connectivity index (χ0n) is 29.7. The van der Waals surface area contributed by atoms with E-state index < -0.39 is 69.8 Å². The van der Waals surface area contributed by atoms with Crippen LogP contribution in [0, 0.1) is 0 Å². The normalized spacial score (nSPS) is 21.9. The standard InChI is InChI=1S/C38H47N5O7S2/c1-37(2)31(42-33(46)28(39)18-24-13-15-27(44)16-14-24)35(48)40-20-30(45)41-29(19-23-9-6-5-7-10-23)34(47)43-32(36(49)50)38(3,4)52-22-26-12-8-11-25(17-26)21-51-37/h5-17,28-29,31-32,44H,18-22,39H2,1-4H3,(H,40,48)(H,41,45)(H,42,46)(H,43,47)(H,49,50)/t28-,29-,31-,32-/m0/s1. The minimum Gasteiger partial charge on any atom is -0.508 e. The zero-order chi connectivity index (χ0) is 38.1. The minimum absolute atomic E-state index is 0.0698. The number of fused-ring (bicyclic) bond motifs is 2. The maximum atomic E-state index is 13.8. The average molecular weight is 750 g/mol.